The molecule has 0 saturated carbocycles. The summed E-state index contributed by atoms with van der Waals surface area (Å²) in [5.41, 5.74) is 12.4. The molecule has 1 aliphatic heterocycles. The van der Waals surface area contributed by atoms with Gasteiger partial charge in [-0.2, -0.15) is 0 Å². The molecule has 0 bridgehead atoms. The minimum absolute atomic E-state index is 0.197. The van der Waals surface area contributed by atoms with Gasteiger partial charge in [-0.3, -0.25) is 0 Å². The molecule has 102 valence electrons. The van der Waals surface area contributed by atoms with E-state index in [0.29, 0.717) is 23.7 Å². The molecule has 1 atom stereocenters. The Labute approximate surface area is 112 Å². The van der Waals surface area contributed by atoms with E-state index >= 15 is 0 Å². The van der Waals surface area contributed by atoms with E-state index in [1.807, 2.05) is 29.3 Å². The maximum atomic E-state index is 9.92. The highest BCUT2D eigenvalue weighted by Gasteiger charge is 2.11. The molecule has 19 heavy (non-hydrogen) atoms. The fourth-order valence-corrected chi connectivity index (χ4v) is 1.85. The van der Waals surface area contributed by atoms with Crippen molar-refractivity contribution in [3.63, 3.8) is 0 Å². The zero-order chi connectivity index (χ0) is 13.7. The molecular formula is C14H19N3O2. The van der Waals surface area contributed by atoms with Crippen LogP contribution in [0.5, 0.6) is 5.75 Å². The lowest BCUT2D eigenvalue weighted by atomic mass is 10.2. The van der Waals surface area contributed by atoms with E-state index in [9.17, 15) is 5.11 Å². The van der Waals surface area contributed by atoms with Crippen molar-refractivity contribution in [3.05, 3.63) is 42.6 Å². The first-order chi connectivity index (χ1) is 9.15. The first-order valence-electron chi connectivity index (χ1n) is 6.18. The lowest BCUT2D eigenvalue weighted by molar-refractivity contribution is 0.0846. The van der Waals surface area contributed by atoms with Crippen LogP contribution in [0.4, 0.5) is 11.4 Å². The van der Waals surface area contributed by atoms with Crippen molar-refractivity contribution in [3.8, 4) is 5.75 Å². The Hall–Kier alpha value is -2.14. The summed E-state index contributed by atoms with van der Waals surface area (Å²) in [5.74, 6) is 0.544. The molecular weight excluding hydrogens is 242 g/mol. The minimum atomic E-state index is -0.576. The molecule has 5 heteroatoms. The monoisotopic (exact) mass is 261 g/mol. The van der Waals surface area contributed by atoms with Crippen LogP contribution in [0.1, 0.15) is 0 Å². The summed E-state index contributed by atoms with van der Waals surface area (Å²) in [5, 5.41) is 9.92. The van der Waals surface area contributed by atoms with Gasteiger partial charge in [0.15, 0.2) is 0 Å². The summed E-state index contributed by atoms with van der Waals surface area (Å²) in [7, 11) is 0. The molecule has 0 saturated heterocycles. The fourth-order valence-electron chi connectivity index (χ4n) is 1.85. The molecule has 0 aliphatic carbocycles. The van der Waals surface area contributed by atoms with Gasteiger partial charge in [0.1, 0.15) is 18.5 Å². The summed E-state index contributed by atoms with van der Waals surface area (Å²) in [6.07, 6.45) is 7.32. The molecule has 1 heterocycles. The topological polar surface area (TPSA) is 84.7 Å². The van der Waals surface area contributed by atoms with Gasteiger partial charge in [-0.05, 0) is 30.5 Å². The Morgan fingerprint density at radius 2 is 2.16 bits per heavy atom. The smallest absolute Gasteiger partial charge is 0.142 e. The lowest BCUT2D eigenvalue weighted by Gasteiger charge is -2.23. The number of benzene rings is 1. The van der Waals surface area contributed by atoms with E-state index in [4.69, 9.17) is 16.2 Å². The molecule has 0 aromatic heterocycles. The Bertz CT molecular complexity index is 486. The summed E-state index contributed by atoms with van der Waals surface area (Å²) in [4.78, 5) is 2.01. The first kappa shape index (κ1) is 13.3. The molecule has 1 unspecified atom stereocenters. The highest BCUT2D eigenvalue weighted by molar-refractivity contribution is 5.60. The number of nitrogen functional groups attached to an aromatic ring is 2. The molecule has 2 rings (SSSR count). The second-order valence-corrected chi connectivity index (χ2v) is 4.49. The van der Waals surface area contributed by atoms with Crippen LogP contribution < -0.4 is 16.2 Å². The lowest BCUT2D eigenvalue weighted by Crippen LogP contribution is -2.33. The Kier molecular flexibility index (Phi) is 4.30. The van der Waals surface area contributed by atoms with Crippen molar-refractivity contribution in [2.45, 2.75) is 6.10 Å². The van der Waals surface area contributed by atoms with Crippen molar-refractivity contribution in [2.24, 2.45) is 0 Å². The Morgan fingerprint density at radius 1 is 1.32 bits per heavy atom. The summed E-state index contributed by atoms with van der Waals surface area (Å²) >= 11 is 0. The third kappa shape index (κ3) is 3.93. The van der Waals surface area contributed by atoms with Gasteiger partial charge >= 0.3 is 0 Å². The maximum Gasteiger partial charge on any atom is 0.142 e. The number of nitrogens with zero attached hydrogens (tertiary/aromatic N) is 1. The average Bonchev–Trinajstić information content (AvgIpc) is 2.39. The number of allylic oxidation sites excluding steroid dienone is 2. The molecule has 0 radical (unpaired) electrons. The fraction of sp³-hybridized carbons (Fsp3) is 0.286. The molecule has 1 aliphatic rings. The molecule has 1 aromatic carbocycles. The van der Waals surface area contributed by atoms with Crippen LogP contribution in [0.15, 0.2) is 42.6 Å². The number of rotatable bonds is 5. The van der Waals surface area contributed by atoms with Gasteiger partial charge in [0.2, 0.25) is 0 Å². The quantitative estimate of drug-likeness (QED) is 0.688. The molecule has 5 nitrogen and oxygen atoms in total. The second-order valence-electron chi connectivity index (χ2n) is 4.49. The molecule has 0 fully saturated rings. The average molecular weight is 261 g/mol. The van der Waals surface area contributed by atoms with Crippen molar-refractivity contribution in [1.82, 2.24) is 4.90 Å². The molecule has 1 aromatic rings. The standard InChI is InChI=1S/C14H19N3O2/c15-11-4-5-14(13(16)8-11)19-10-12(18)9-17-6-2-1-3-7-17/h1-6,8,12,18H,7,9-10,15-16H2. The minimum Gasteiger partial charge on any atom is -0.489 e. The first-order valence-corrected chi connectivity index (χ1v) is 6.18. The van der Waals surface area contributed by atoms with Crippen molar-refractivity contribution >= 4 is 11.4 Å². The Morgan fingerprint density at radius 3 is 2.84 bits per heavy atom. The van der Waals surface area contributed by atoms with Crippen molar-refractivity contribution in [1.29, 1.82) is 0 Å². The zero-order valence-electron chi connectivity index (χ0n) is 10.7. The highest BCUT2D eigenvalue weighted by atomic mass is 16.5. The molecule has 0 amide bonds. The van der Waals surface area contributed by atoms with E-state index in [1.54, 1.807) is 18.2 Å². The second kappa shape index (κ2) is 6.15. The van der Waals surface area contributed by atoms with Crippen LogP contribution in [0.3, 0.4) is 0 Å². The summed E-state index contributed by atoms with van der Waals surface area (Å²) in [6, 6.07) is 5.07. The summed E-state index contributed by atoms with van der Waals surface area (Å²) in [6.45, 7) is 1.52. The van der Waals surface area contributed by atoms with Crippen LogP contribution in [0.2, 0.25) is 0 Å². The Balaban J connectivity index is 1.81. The summed E-state index contributed by atoms with van der Waals surface area (Å²) < 4.78 is 5.50. The van der Waals surface area contributed by atoms with Gasteiger partial charge < -0.3 is 26.2 Å². The zero-order valence-corrected chi connectivity index (χ0v) is 10.7. The predicted octanol–water partition coefficient (Wildman–Crippen LogP) is 0.976. The predicted molar refractivity (Wildman–Crippen MR) is 76.6 cm³/mol. The normalized spacial score (nSPS) is 15.5. The molecule has 0 spiro atoms. The maximum absolute atomic E-state index is 9.92. The highest BCUT2D eigenvalue weighted by Crippen LogP contribution is 2.23. The third-order valence-electron chi connectivity index (χ3n) is 2.79. The number of aliphatic hydroxyl groups is 1. The van der Waals surface area contributed by atoms with Gasteiger partial charge in [-0.25, -0.2) is 0 Å². The number of hydrogen-bond acceptors (Lipinski definition) is 5. The third-order valence-corrected chi connectivity index (χ3v) is 2.79. The van der Waals surface area contributed by atoms with Gasteiger partial charge in [-0.1, -0.05) is 12.2 Å². The number of anilines is 2. The van der Waals surface area contributed by atoms with Gasteiger partial charge in [0.05, 0.1) is 5.69 Å². The van der Waals surface area contributed by atoms with Gasteiger partial charge in [0.25, 0.3) is 0 Å². The largest absolute Gasteiger partial charge is 0.489 e. The van der Waals surface area contributed by atoms with Crippen LogP contribution in [-0.4, -0.2) is 35.8 Å². The van der Waals surface area contributed by atoms with Crippen LogP contribution in [-0.2, 0) is 0 Å². The number of hydrogen-bond donors (Lipinski definition) is 3. The van der Waals surface area contributed by atoms with E-state index in [0.717, 1.165) is 6.54 Å². The number of aliphatic hydroxyl groups excluding tert-OH is 1. The number of nitrogens with two attached hydrogens (primary N) is 2. The van der Waals surface area contributed by atoms with Crippen molar-refractivity contribution in [2.75, 3.05) is 31.2 Å². The van der Waals surface area contributed by atoms with E-state index in [2.05, 4.69) is 0 Å². The number of β-amino-alcohol motifs (C(OH)–C–C–N with tert-alkyl or cyclic N) is 1. The van der Waals surface area contributed by atoms with Crippen LogP contribution >= 0.6 is 0 Å². The van der Waals surface area contributed by atoms with Crippen LogP contribution in [0.25, 0.3) is 0 Å². The van der Waals surface area contributed by atoms with Crippen molar-refractivity contribution < 1.29 is 9.84 Å². The molecule has 5 N–H and O–H groups in total. The van der Waals surface area contributed by atoms with Gasteiger partial charge in [0, 0.05) is 18.8 Å². The van der Waals surface area contributed by atoms with E-state index < -0.39 is 6.10 Å². The van der Waals surface area contributed by atoms with Gasteiger partial charge in [-0.15, -0.1) is 0 Å². The van der Waals surface area contributed by atoms with E-state index in [-0.39, 0.29) is 6.61 Å². The van der Waals surface area contributed by atoms with E-state index in [1.165, 1.54) is 0 Å². The SMILES string of the molecule is Nc1ccc(OCC(O)CN2C=CC=CC2)c(N)c1. The number of ether oxygens (including phenoxy) is 1. The van der Waals surface area contributed by atoms with Crippen LogP contribution in [0, 0.1) is 0 Å².